The lowest BCUT2D eigenvalue weighted by molar-refractivity contribution is 0.481. The molecule has 0 amide bonds. The second-order valence-electron chi connectivity index (χ2n) is 15.5. The van der Waals surface area contributed by atoms with Crippen LogP contribution < -0.4 is 35.1 Å². The van der Waals surface area contributed by atoms with E-state index in [1.165, 1.54) is 54.1 Å². The summed E-state index contributed by atoms with van der Waals surface area (Å²) in [6, 6.07) is 81.4. The van der Waals surface area contributed by atoms with E-state index in [0.717, 1.165) is 40.1 Å². The quantitative estimate of drug-likeness (QED) is 0.163. The van der Waals surface area contributed by atoms with Crippen LogP contribution in [0.25, 0.3) is 11.1 Å². The van der Waals surface area contributed by atoms with Gasteiger partial charge in [0.05, 0.1) is 5.41 Å². The molecule has 1 spiro atoms. The maximum atomic E-state index is 6.84. The van der Waals surface area contributed by atoms with Crippen LogP contribution in [0.1, 0.15) is 22.3 Å². The third kappa shape index (κ3) is 4.75. The van der Waals surface area contributed by atoms with E-state index < -0.39 is 13.5 Å². The molecule has 0 fully saturated rings. The number of anilines is 3. The van der Waals surface area contributed by atoms with Gasteiger partial charge in [0.25, 0.3) is 0 Å². The monoisotopic (exact) mass is 771 g/mol. The van der Waals surface area contributed by atoms with Crippen LogP contribution in [0.5, 0.6) is 23.0 Å². The lowest BCUT2D eigenvalue weighted by atomic mass is 9.68. The molecule has 278 valence electrons. The lowest BCUT2D eigenvalue weighted by Gasteiger charge is -2.43. The van der Waals surface area contributed by atoms with Crippen molar-refractivity contribution in [1.29, 1.82) is 0 Å². The van der Waals surface area contributed by atoms with Gasteiger partial charge in [-0.25, -0.2) is 0 Å². The first-order valence-electron chi connectivity index (χ1n) is 20.3. The Labute approximate surface area is 345 Å². The minimum atomic E-state index is -2.95. The molecule has 0 bridgehead atoms. The summed E-state index contributed by atoms with van der Waals surface area (Å²) in [5.41, 5.74) is 10.4. The predicted octanol–water partition coefficient (Wildman–Crippen LogP) is 11.1. The fraction of sp³-hybridized carbons (Fsp3) is 0.0182. The van der Waals surface area contributed by atoms with Crippen molar-refractivity contribution < 1.29 is 9.47 Å². The minimum absolute atomic E-state index is 0.469. The molecule has 0 saturated carbocycles. The molecule has 4 heteroatoms. The SMILES string of the molecule is c1ccc(N(c2ccc(C3(c4ccccc4)c4ccccc4-c4ccccc43)cc2)c2ccc3c(c2)[Si]2(c4ccccc4Oc4ccccc42)c2ccccc2O3)cc1. The van der Waals surface area contributed by atoms with Crippen molar-refractivity contribution in [3.05, 3.63) is 247 Å². The van der Waals surface area contributed by atoms with Gasteiger partial charge in [0, 0.05) is 17.1 Å². The fourth-order valence-electron chi connectivity index (χ4n) is 10.3. The van der Waals surface area contributed by atoms with Crippen LogP contribution in [-0.4, -0.2) is 8.07 Å². The van der Waals surface area contributed by atoms with E-state index in [2.05, 4.69) is 229 Å². The van der Waals surface area contributed by atoms with Gasteiger partial charge in [0.15, 0.2) is 8.07 Å². The van der Waals surface area contributed by atoms with Crippen LogP contribution in [0.15, 0.2) is 224 Å². The molecule has 2 aliphatic heterocycles. The smallest absolute Gasteiger partial charge is 0.196 e. The Balaban J connectivity index is 1.07. The molecule has 0 N–H and O–H groups in total. The molecule has 0 saturated heterocycles. The summed E-state index contributed by atoms with van der Waals surface area (Å²) >= 11 is 0. The summed E-state index contributed by atoms with van der Waals surface area (Å²) in [5, 5.41) is 4.89. The van der Waals surface area contributed by atoms with Gasteiger partial charge in [0.2, 0.25) is 0 Å². The summed E-state index contributed by atoms with van der Waals surface area (Å²) in [6.45, 7) is 0. The first-order chi connectivity index (χ1) is 29.3. The predicted molar refractivity (Wildman–Crippen MR) is 242 cm³/mol. The van der Waals surface area contributed by atoms with E-state index in [1.807, 2.05) is 0 Å². The zero-order valence-electron chi connectivity index (χ0n) is 32.1. The maximum absolute atomic E-state index is 6.84. The minimum Gasteiger partial charge on any atom is -0.458 e. The molecule has 3 nitrogen and oxygen atoms in total. The second kappa shape index (κ2) is 13.1. The number of para-hydroxylation sites is 4. The second-order valence-corrected chi connectivity index (χ2v) is 19.2. The Morgan fingerprint density at radius 3 is 1.29 bits per heavy atom. The molecule has 9 aromatic rings. The molecule has 1 aliphatic carbocycles. The summed E-state index contributed by atoms with van der Waals surface area (Å²) in [5.74, 6) is 3.61. The van der Waals surface area contributed by atoms with Gasteiger partial charge in [-0.3, -0.25) is 0 Å². The standard InChI is InChI=1S/C55H37NO2Si/c1-3-17-38(18-4-1)55(45-23-9-7-21-43(45)44-22-8-10-24-46(44)55)39-31-33-41(34-32-39)56(40-19-5-2-6-20-40)42-35-36-50-54(37-42)59(53-30-16-13-27-49(53)58-50)51-28-14-11-25-47(51)57-48-26-12-15-29-52(48)59/h1-37H. The Hall–Kier alpha value is -7.40. The number of benzene rings is 9. The number of ether oxygens (including phenoxy) is 2. The van der Waals surface area contributed by atoms with Crippen LogP contribution in [0.2, 0.25) is 0 Å². The van der Waals surface area contributed by atoms with Gasteiger partial charge in [-0.1, -0.05) is 164 Å². The van der Waals surface area contributed by atoms with E-state index >= 15 is 0 Å². The third-order valence-corrected chi connectivity index (χ3v) is 17.5. The molecule has 0 radical (unpaired) electrons. The van der Waals surface area contributed by atoms with Crippen molar-refractivity contribution in [3.63, 3.8) is 0 Å². The summed E-state index contributed by atoms with van der Waals surface area (Å²) in [4.78, 5) is 2.38. The van der Waals surface area contributed by atoms with Crippen molar-refractivity contribution in [2.45, 2.75) is 5.41 Å². The maximum Gasteiger partial charge on any atom is 0.196 e. The van der Waals surface area contributed by atoms with Crippen LogP contribution in [0.3, 0.4) is 0 Å². The van der Waals surface area contributed by atoms with Crippen molar-refractivity contribution in [3.8, 4) is 34.1 Å². The molecule has 2 heterocycles. The molecule has 3 aliphatic rings. The van der Waals surface area contributed by atoms with Gasteiger partial charge in [-0.15, -0.1) is 0 Å². The highest BCUT2D eigenvalue weighted by molar-refractivity contribution is 7.21. The average Bonchev–Trinajstić information content (AvgIpc) is 3.61. The molecule has 0 unspecified atom stereocenters. The van der Waals surface area contributed by atoms with Crippen LogP contribution in [0, 0.1) is 0 Å². The Morgan fingerprint density at radius 1 is 0.322 bits per heavy atom. The van der Waals surface area contributed by atoms with E-state index in [1.54, 1.807) is 0 Å². The zero-order chi connectivity index (χ0) is 39.0. The Bertz CT molecular complexity index is 2920. The molecular weight excluding hydrogens is 735 g/mol. The van der Waals surface area contributed by atoms with E-state index in [9.17, 15) is 0 Å². The van der Waals surface area contributed by atoms with E-state index in [0.29, 0.717) is 0 Å². The first kappa shape index (κ1) is 33.7. The normalized spacial score (nSPS) is 14.3. The number of nitrogens with zero attached hydrogens (tertiary/aromatic N) is 1. The van der Waals surface area contributed by atoms with Gasteiger partial charge >= 0.3 is 0 Å². The Morgan fingerprint density at radius 2 is 0.729 bits per heavy atom. The number of fused-ring (bicyclic) bond motifs is 11. The summed E-state index contributed by atoms with van der Waals surface area (Å²) < 4.78 is 13.5. The van der Waals surface area contributed by atoms with Gasteiger partial charge < -0.3 is 14.4 Å². The molecular formula is C55H37NO2Si. The van der Waals surface area contributed by atoms with Gasteiger partial charge in [-0.05, 0) is 115 Å². The number of hydrogen-bond acceptors (Lipinski definition) is 3. The molecule has 9 aromatic carbocycles. The topological polar surface area (TPSA) is 21.7 Å². The van der Waals surface area contributed by atoms with Crippen molar-refractivity contribution in [1.82, 2.24) is 0 Å². The number of rotatable bonds is 5. The molecule has 12 rings (SSSR count). The first-order valence-corrected chi connectivity index (χ1v) is 22.3. The van der Waals surface area contributed by atoms with E-state index in [-0.39, 0.29) is 0 Å². The highest BCUT2D eigenvalue weighted by Crippen LogP contribution is 2.56. The van der Waals surface area contributed by atoms with Crippen LogP contribution in [0.4, 0.5) is 17.1 Å². The fourth-order valence-corrected chi connectivity index (χ4v) is 15.5. The van der Waals surface area contributed by atoms with E-state index in [4.69, 9.17) is 9.47 Å². The average molecular weight is 772 g/mol. The lowest BCUT2D eigenvalue weighted by Crippen LogP contribution is -2.77. The molecule has 59 heavy (non-hydrogen) atoms. The van der Waals surface area contributed by atoms with Gasteiger partial charge in [0.1, 0.15) is 23.0 Å². The van der Waals surface area contributed by atoms with Crippen LogP contribution >= 0.6 is 0 Å². The van der Waals surface area contributed by atoms with Crippen molar-refractivity contribution >= 4 is 45.9 Å². The summed E-state index contributed by atoms with van der Waals surface area (Å²) in [7, 11) is -2.95. The Kier molecular flexibility index (Phi) is 7.47. The molecule has 0 aromatic heterocycles. The largest absolute Gasteiger partial charge is 0.458 e. The highest BCUT2D eigenvalue weighted by Gasteiger charge is 2.53. The summed E-state index contributed by atoms with van der Waals surface area (Å²) in [6.07, 6.45) is 0. The highest BCUT2D eigenvalue weighted by atomic mass is 28.3. The zero-order valence-corrected chi connectivity index (χ0v) is 33.1. The van der Waals surface area contributed by atoms with Crippen molar-refractivity contribution in [2.24, 2.45) is 0 Å². The van der Waals surface area contributed by atoms with Crippen molar-refractivity contribution in [2.75, 3.05) is 4.90 Å². The van der Waals surface area contributed by atoms with Crippen LogP contribution in [-0.2, 0) is 5.41 Å². The number of hydrogen-bond donors (Lipinski definition) is 0. The van der Waals surface area contributed by atoms with Gasteiger partial charge in [-0.2, -0.15) is 0 Å². The molecule has 0 atom stereocenters. The third-order valence-electron chi connectivity index (χ3n) is 12.7.